The fraction of sp³-hybridized carbons (Fsp3) is 0.0909. The molecule has 0 bridgehead atoms. The average Bonchev–Trinajstić information content (AvgIpc) is 3.30. The Kier molecular flexibility index (Phi) is 5.24. The van der Waals surface area contributed by atoms with Gasteiger partial charge in [-0.25, -0.2) is 4.98 Å². The molecule has 0 unspecified atom stereocenters. The predicted octanol–water partition coefficient (Wildman–Crippen LogP) is 6.14. The van der Waals surface area contributed by atoms with Crippen LogP contribution in [0.5, 0.6) is 0 Å². The molecule has 4 rings (SSSR count). The number of halogens is 1. The van der Waals surface area contributed by atoms with Crippen molar-refractivity contribution in [2.24, 2.45) is 0 Å². The number of hydrogen-bond donors (Lipinski definition) is 0. The van der Waals surface area contributed by atoms with Crippen LogP contribution in [-0.4, -0.2) is 20.1 Å². The number of hydrogen-bond acceptors (Lipinski definition) is 5. The topological polar surface area (TPSA) is 77.5 Å². The number of carbonyl (C=O) groups is 1. The van der Waals surface area contributed by atoms with Gasteiger partial charge in [0.05, 0.1) is 16.3 Å². The average molecular weight is 438 g/mol. The second-order valence-electron chi connectivity index (χ2n) is 6.82. The van der Waals surface area contributed by atoms with E-state index in [1.807, 2.05) is 42.0 Å². The van der Waals surface area contributed by atoms with Crippen molar-refractivity contribution < 1.29 is 9.72 Å². The minimum absolute atomic E-state index is 0.0618. The van der Waals surface area contributed by atoms with Gasteiger partial charge in [-0.1, -0.05) is 29.8 Å². The molecular formula is C22H16ClN3O3S. The molecule has 2 aromatic carbocycles. The number of fused-ring (bicyclic) bond motifs is 1. The van der Waals surface area contributed by atoms with Crippen LogP contribution in [0.25, 0.3) is 22.3 Å². The molecule has 2 aromatic heterocycles. The highest BCUT2D eigenvalue weighted by molar-refractivity contribution is 7.15. The van der Waals surface area contributed by atoms with Crippen LogP contribution in [0.1, 0.15) is 27.2 Å². The largest absolute Gasteiger partial charge is 0.290 e. The number of aryl methyl sites for hydroxylation is 2. The van der Waals surface area contributed by atoms with Crippen LogP contribution in [0.4, 0.5) is 5.69 Å². The molecule has 150 valence electrons. The normalized spacial score (nSPS) is 11.4. The van der Waals surface area contributed by atoms with Crippen molar-refractivity contribution in [2.75, 3.05) is 0 Å². The summed E-state index contributed by atoms with van der Waals surface area (Å²) in [7, 11) is 0. The summed E-state index contributed by atoms with van der Waals surface area (Å²) in [4.78, 5) is 28.8. The van der Waals surface area contributed by atoms with Crippen LogP contribution in [0, 0.1) is 24.0 Å². The summed E-state index contributed by atoms with van der Waals surface area (Å²) in [6.07, 6.45) is 5.04. The van der Waals surface area contributed by atoms with Gasteiger partial charge in [-0.2, -0.15) is 0 Å². The first-order valence-electron chi connectivity index (χ1n) is 9.04. The van der Waals surface area contributed by atoms with Crippen molar-refractivity contribution >= 4 is 45.4 Å². The Balaban J connectivity index is 1.78. The molecular weight excluding hydrogens is 422 g/mol. The smallest absolute Gasteiger partial charge is 0.288 e. The monoisotopic (exact) mass is 437 g/mol. The number of allylic oxidation sites excluding steroid dienone is 1. The molecule has 0 spiro atoms. The van der Waals surface area contributed by atoms with Crippen LogP contribution in [0.2, 0.25) is 5.02 Å². The number of ketones is 1. The SMILES string of the molecule is Cc1ccc(C(=O)/C=C/c2c(-c3ccc(Cl)c([N+](=O)[O-])c3)nc3sccn23)cc1C. The van der Waals surface area contributed by atoms with E-state index in [9.17, 15) is 14.9 Å². The van der Waals surface area contributed by atoms with Gasteiger partial charge < -0.3 is 0 Å². The van der Waals surface area contributed by atoms with Gasteiger partial charge in [-0.15, -0.1) is 11.3 Å². The Hall–Kier alpha value is -3.29. The zero-order valence-corrected chi connectivity index (χ0v) is 17.7. The standard InChI is InChI=1S/C22H16ClN3O3S/c1-13-3-4-15(11-14(13)2)20(27)8-7-18-21(24-22-25(18)9-10-30-22)16-5-6-17(23)19(12-16)26(28)29/h3-12H,1-2H3/b8-7+. The summed E-state index contributed by atoms with van der Waals surface area (Å²) in [5.74, 6) is -0.128. The first-order chi connectivity index (χ1) is 14.3. The number of benzene rings is 2. The Morgan fingerprint density at radius 3 is 2.73 bits per heavy atom. The van der Waals surface area contributed by atoms with E-state index in [0.29, 0.717) is 22.5 Å². The third-order valence-electron chi connectivity index (χ3n) is 4.90. The quantitative estimate of drug-likeness (QED) is 0.163. The molecule has 0 N–H and O–H groups in total. The summed E-state index contributed by atoms with van der Waals surface area (Å²) >= 11 is 7.38. The maximum atomic E-state index is 12.7. The van der Waals surface area contributed by atoms with Gasteiger partial charge in [0, 0.05) is 28.8 Å². The first-order valence-corrected chi connectivity index (χ1v) is 10.3. The predicted molar refractivity (Wildman–Crippen MR) is 119 cm³/mol. The summed E-state index contributed by atoms with van der Waals surface area (Å²) < 4.78 is 1.85. The van der Waals surface area contributed by atoms with E-state index in [0.717, 1.165) is 16.1 Å². The minimum atomic E-state index is -0.525. The fourth-order valence-corrected chi connectivity index (χ4v) is 4.03. The molecule has 4 aromatic rings. The molecule has 6 nitrogen and oxygen atoms in total. The number of imidazole rings is 1. The molecule has 0 saturated heterocycles. The number of carbonyl (C=O) groups excluding carboxylic acids is 1. The molecule has 0 saturated carbocycles. The van der Waals surface area contributed by atoms with Crippen LogP contribution in [-0.2, 0) is 0 Å². The molecule has 0 aliphatic carbocycles. The fourth-order valence-electron chi connectivity index (χ4n) is 3.12. The number of rotatable bonds is 5. The third kappa shape index (κ3) is 3.65. The minimum Gasteiger partial charge on any atom is -0.290 e. The molecule has 0 radical (unpaired) electrons. The lowest BCUT2D eigenvalue weighted by Gasteiger charge is -2.03. The molecule has 30 heavy (non-hydrogen) atoms. The van der Waals surface area contributed by atoms with Crippen molar-refractivity contribution in [1.82, 2.24) is 9.38 Å². The highest BCUT2D eigenvalue weighted by atomic mass is 35.5. The Morgan fingerprint density at radius 1 is 1.20 bits per heavy atom. The summed E-state index contributed by atoms with van der Waals surface area (Å²) in [5, 5.41) is 13.2. The van der Waals surface area contributed by atoms with Crippen molar-refractivity contribution in [3.63, 3.8) is 0 Å². The van der Waals surface area contributed by atoms with Gasteiger partial charge in [0.2, 0.25) is 0 Å². The molecule has 2 heterocycles. The highest BCUT2D eigenvalue weighted by Gasteiger charge is 2.18. The molecule has 0 fully saturated rings. The van der Waals surface area contributed by atoms with Crippen LogP contribution in [0.15, 0.2) is 54.1 Å². The summed E-state index contributed by atoms with van der Waals surface area (Å²) in [6, 6.07) is 10.2. The van der Waals surface area contributed by atoms with Crippen molar-refractivity contribution in [3.05, 3.63) is 91.6 Å². The van der Waals surface area contributed by atoms with E-state index in [2.05, 4.69) is 4.98 Å². The summed E-state index contributed by atoms with van der Waals surface area (Å²) in [5.41, 5.74) is 4.35. The van der Waals surface area contributed by atoms with Crippen LogP contribution >= 0.6 is 22.9 Å². The third-order valence-corrected chi connectivity index (χ3v) is 5.98. The van der Waals surface area contributed by atoms with E-state index in [1.165, 1.54) is 29.5 Å². The first kappa shape index (κ1) is 20.0. The van der Waals surface area contributed by atoms with E-state index < -0.39 is 4.92 Å². The molecule has 0 atom stereocenters. The molecule has 0 aliphatic rings. The molecule has 0 aliphatic heterocycles. The summed E-state index contributed by atoms with van der Waals surface area (Å²) in [6.45, 7) is 3.96. The number of nitro groups is 1. The Morgan fingerprint density at radius 2 is 2.00 bits per heavy atom. The molecule has 8 heteroatoms. The lowest BCUT2D eigenvalue weighted by atomic mass is 10.0. The van der Waals surface area contributed by atoms with Gasteiger partial charge in [-0.3, -0.25) is 19.3 Å². The maximum Gasteiger partial charge on any atom is 0.288 e. The van der Waals surface area contributed by atoms with Gasteiger partial charge in [0.25, 0.3) is 5.69 Å². The van der Waals surface area contributed by atoms with E-state index in [-0.39, 0.29) is 16.5 Å². The second-order valence-corrected chi connectivity index (χ2v) is 8.10. The Labute approximate surface area is 181 Å². The van der Waals surface area contributed by atoms with Crippen LogP contribution in [0.3, 0.4) is 0 Å². The van der Waals surface area contributed by atoms with Gasteiger partial charge in [0.15, 0.2) is 10.7 Å². The van der Waals surface area contributed by atoms with Gasteiger partial charge >= 0.3 is 0 Å². The van der Waals surface area contributed by atoms with E-state index in [1.54, 1.807) is 18.2 Å². The lowest BCUT2D eigenvalue weighted by molar-refractivity contribution is -0.384. The number of nitro benzene ring substituents is 1. The lowest BCUT2D eigenvalue weighted by Crippen LogP contribution is -1.96. The van der Waals surface area contributed by atoms with Crippen LogP contribution < -0.4 is 0 Å². The van der Waals surface area contributed by atoms with Crippen molar-refractivity contribution in [2.45, 2.75) is 13.8 Å². The van der Waals surface area contributed by atoms with Crippen molar-refractivity contribution in [1.29, 1.82) is 0 Å². The van der Waals surface area contributed by atoms with E-state index >= 15 is 0 Å². The van der Waals surface area contributed by atoms with Crippen molar-refractivity contribution in [3.8, 4) is 11.3 Å². The molecule has 0 amide bonds. The number of aromatic nitrogens is 2. The number of thiazole rings is 1. The zero-order chi connectivity index (χ0) is 21.4. The second kappa shape index (κ2) is 7.85. The van der Waals surface area contributed by atoms with Gasteiger partial charge in [0.1, 0.15) is 5.02 Å². The highest BCUT2D eigenvalue weighted by Crippen LogP contribution is 2.33. The van der Waals surface area contributed by atoms with E-state index in [4.69, 9.17) is 11.6 Å². The Bertz CT molecular complexity index is 1340. The van der Waals surface area contributed by atoms with Gasteiger partial charge in [-0.05, 0) is 49.3 Å². The zero-order valence-electron chi connectivity index (χ0n) is 16.1. The number of nitrogens with zero attached hydrogens (tertiary/aromatic N) is 3. The maximum absolute atomic E-state index is 12.7.